The van der Waals surface area contributed by atoms with Gasteiger partial charge in [-0.2, -0.15) is 0 Å². The number of rotatable bonds is 4. The van der Waals surface area contributed by atoms with E-state index >= 15 is 0 Å². The molecule has 0 bridgehead atoms. The van der Waals surface area contributed by atoms with Crippen LogP contribution in [0.4, 0.5) is 4.39 Å². The van der Waals surface area contributed by atoms with Gasteiger partial charge in [-0.15, -0.1) is 0 Å². The molecule has 9 heteroatoms. The Labute approximate surface area is 155 Å². The molecule has 1 aromatic rings. The van der Waals surface area contributed by atoms with Crippen LogP contribution in [0.5, 0.6) is 5.75 Å². The number of nitrogens with zero attached hydrogens (tertiary/aromatic N) is 2. The molecule has 138 valence electrons. The number of carbonyl (C=O) groups is 1. The summed E-state index contributed by atoms with van der Waals surface area (Å²) in [6, 6.07) is 4.48. The standard InChI is InChI=1S/C16H20BrFN2O4S/c17-12-1-2-15(14(18)9-12)24-10-16(21)20-6-4-19(5-7-20)13-3-8-25(22,23)11-13/h1-2,9,13H,3-8,10-11H2. The van der Waals surface area contributed by atoms with Crippen LogP contribution in [0.25, 0.3) is 0 Å². The van der Waals surface area contributed by atoms with Crippen LogP contribution in [-0.2, 0) is 14.6 Å². The predicted molar refractivity (Wildman–Crippen MR) is 94.8 cm³/mol. The zero-order chi connectivity index (χ0) is 18.0. The maximum Gasteiger partial charge on any atom is 0.260 e. The molecule has 0 radical (unpaired) electrons. The Bertz CT molecular complexity index is 751. The third-order valence-electron chi connectivity index (χ3n) is 4.64. The van der Waals surface area contributed by atoms with Crippen molar-refractivity contribution in [3.63, 3.8) is 0 Å². The molecule has 0 aromatic heterocycles. The number of amides is 1. The molecule has 2 aliphatic rings. The summed E-state index contributed by atoms with van der Waals surface area (Å²) in [5.41, 5.74) is 0. The Kier molecular flexibility index (Phi) is 5.65. The van der Waals surface area contributed by atoms with Gasteiger partial charge in [-0.05, 0) is 24.6 Å². The van der Waals surface area contributed by atoms with E-state index in [1.54, 1.807) is 11.0 Å². The van der Waals surface area contributed by atoms with Crippen molar-refractivity contribution < 1.29 is 22.3 Å². The van der Waals surface area contributed by atoms with Gasteiger partial charge in [0.1, 0.15) is 0 Å². The molecular weight excluding hydrogens is 415 g/mol. The Morgan fingerprint density at radius 2 is 2.00 bits per heavy atom. The number of benzene rings is 1. The van der Waals surface area contributed by atoms with Crippen LogP contribution < -0.4 is 4.74 Å². The highest BCUT2D eigenvalue weighted by atomic mass is 79.9. The smallest absolute Gasteiger partial charge is 0.260 e. The molecule has 2 saturated heterocycles. The number of piperazine rings is 1. The quantitative estimate of drug-likeness (QED) is 0.714. The molecule has 3 rings (SSSR count). The van der Waals surface area contributed by atoms with E-state index in [1.165, 1.54) is 12.1 Å². The van der Waals surface area contributed by atoms with E-state index in [2.05, 4.69) is 20.8 Å². The molecule has 0 aliphatic carbocycles. The Balaban J connectivity index is 1.47. The average Bonchev–Trinajstić information content (AvgIpc) is 2.94. The molecule has 2 heterocycles. The second-order valence-corrected chi connectivity index (χ2v) is 9.48. The average molecular weight is 435 g/mol. The number of hydrogen-bond donors (Lipinski definition) is 0. The van der Waals surface area contributed by atoms with Gasteiger partial charge in [0.05, 0.1) is 11.5 Å². The minimum absolute atomic E-state index is 0.0475. The van der Waals surface area contributed by atoms with E-state index in [1.807, 2.05) is 0 Å². The summed E-state index contributed by atoms with van der Waals surface area (Å²) < 4.78 is 42.7. The van der Waals surface area contributed by atoms with Gasteiger partial charge in [0, 0.05) is 36.7 Å². The maximum absolute atomic E-state index is 13.7. The van der Waals surface area contributed by atoms with Gasteiger partial charge in [0.2, 0.25) is 0 Å². The van der Waals surface area contributed by atoms with Crippen molar-refractivity contribution >= 4 is 31.7 Å². The van der Waals surface area contributed by atoms with Gasteiger partial charge < -0.3 is 9.64 Å². The summed E-state index contributed by atoms with van der Waals surface area (Å²) >= 11 is 3.17. The van der Waals surface area contributed by atoms with Gasteiger partial charge in [-0.1, -0.05) is 15.9 Å². The Hall–Kier alpha value is -1.19. The van der Waals surface area contributed by atoms with Gasteiger partial charge >= 0.3 is 0 Å². The molecule has 6 nitrogen and oxygen atoms in total. The molecule has 1 amide bonds. The van der Waals surface area contributed by atoms with Crippen LogP contribution in [0, 0.1) is 5.82 Å². The molecule has 1 aromatic carbocycles. The minimum Gasteiger partial charge on any atom is -0.481 e. The van der Waals surface area contributed by atoms with Crippen LogP contribution in [0.2, 0.25) is 0 Å². The summed E-state index contributed by atoms with van der Waals surface area (Å²) in [4.78, 5) is 16.1. The fraction of sp³-hybridized carbons (Fsp3) is 0.562. The van der Waals surface area contributed by atoms with E-state index in [9.17, 15) is 17.6 Å². The van der Waals surface area contributed by atoms with Crippen molar-refractivity contribution in [2.24, 2.45) is 0 Å². The fourth-order valence-electron chi connectivity index (χ4n) is 3.22. The largest absolute Gasteiger partial charge is 0.481 e. The van der Waals surface area contributed by atoms with Crippen molar-refractivity contribution in [1.82, 2.24) is 9.80 Å². The normalized spacial score (nSPS) is 23.6. The molecule has 2 aliphatic heterocycles. The van der Waals surface area contributed by atoms with Crippen LogP contribution in [-0.4, -0.2) is 74.5 Å². The van der Waals surface area contributed by atoms with Crippen LogP contribution in [0.1, 0.15) is 6.42 Å². The zero-order valence-corrected chi connectivity index (χ0v) is 16.1. The van der Waals surface area contributed by atoms with Gasteiger partial charge in [0.15, 0.2) is 28.0 Å². The monoisotopic (exact) mass is 434 g/mol. The van der Waals surface area contributed by atoms with Crippen LogP contribution in [0.15, 0.2) is 22.7 Å². The first-order valence-corrected chi connectivity index (χ1v) is 10.8. The Morgan fingerprint density at radius 3 is 2.60 bits per heavy atom. The van der Waals surface area contributed by atoms with Crippen molar-refractivity contribution in [3.05, 3.63) is 28.5 Å². The lowest BCUT2D eigenvalue weighted by molar-refractivity contribution is -0.135. The second kappa shape index (κ2) is 7.59. The Morgan fingerprint density at radius 1 is 1.28 bits per heavy atom. The lowest BCUT2D eigenvalue weighted by Crippen LogP contribution is -2.53. The summed E-state index contributed by atoms with van der Waals surface area (Å²) in [6.07, 6.45) is 0.669. The first kappa shape index (κ1) is 18.6. The zero-order valence-electron chi connectivity index (χ0n) is 13.7. The molecule has 25 heavy (non-hydrogen) atoms. The second-order valence-electron chi connectivity index (χ2n) is 6.34. The first-order chi connectivity index (χ1) is 11.8. The van der Waals surface area contributed by atoms with E-state index < -0.39 is 15.7 Å². The van der Waals surface area contributed by atoms with E-state index in [0.717, 1.165) is 0 Å². The van der Waals surface area contributed by atoms with E-state index in [-0.39, 0.29) is 35.8 Å². The number of carbonyl (C=O) groups excluding carboxylic acids is 1. The SMILES string of the molecule is O=C(COc1ccc(Br)cc1F)N1CCN(C2CCS(=O)(=O)C2)CC1. The third kappa shape index (κ3) is 4.71. The van der Waals surface area contributed by atoms with Crippen LogP contribution >= 0.6 is 15.9 Å². The molecule has 2 fully saturated rings. The highest BCUT2D eigenvalue weighted by molar-refractivity contribution is 9.10. The topological polar surface area (TPSA) is 66.9 Å². The van der Waals surface area contributed by atoms with Gasteiger partial charge in [0.25, 0.3) is 5.91 Å². The minimum atomic E-state index is -2.90. The molecule has 0 saturated carbocycles. The van der Waals surface area contributed by atoms with E-state index in [0.29, 0.717) is 37.1 Å². The number of sulfone groups is 1. The predicted octanol–water partition coefficient (Wildman–Crippen LogP) is 1.30. The summed E-state index contributed by atoms with van der Waals surface area (Å²) in [5, 5.41) is 0. The highest BCUT2D eigenvalue weighted by Crippen LogP contribution is 2.22. The summed E-state index contributed by atoms with van der Waals surface area (Å²) in [6.45, 7) is 2.15. The molecule has 1 atom stereocenters. The van der Waals surface area contributed by atoms with E-state index in [4.69, 9.17) is 4.74 Å². The molecule has 0 spiro atoms. The highest BCUT2D eigenvalue weighted by Gasteiger charge is 2.34. The van der Waals surface area contributed by atoms with Crippen molar-refractivity contribution in [2.45, 2.75) is 12.5 Å². The summed E-state index contributed by atoms with van der Waals surface area (Å²) in [7, 11) is -2.90. The lowest BCUT2D eigenvalue weighted by atomic mass is 10.2. The lowest BCUT2D eigenvalue weighted by Gasteiger charge is -2.37. The maximum atomic E-state index is 13.7. The van der Waals surface area contributed by atoms with Crippen molar-refractivity contribution in [2.75, 3.05) is 44.3 Å². The van der Waals surface area contributed by atoms with Crippen molar-refractivity contribution in [1.29, 1.82) is 0 Å². The fourth-order valence-corrected chi connectivity index (χ4v) is 5.32. The molecular formula is C16H20BrFN2O4S. The van der Waals surface area contributed by atoms with Gasteiger partial charge in [-0.25, -0.2) is 12.8 Å². The molecule has 0 N–H and O–H groups in total. The third-order valence-corrected chi connectivity index (χ3v) is 6.88. The van der Waals surface area contributed by atoms with Gasteiger partial charge in [-0.3, -0.25) is 9.69 Å². The number of hydrogen-bond acceptors (Lipinski definition) is 5. The summed E-state index contributed by atoms with van der Waals surface area (Å²) in [5.74, 6) is -0.196. The first-order valence-electron chi connectivity index (χ1n) is 8.14. The van der Waals surface area contributed by atoms with Crippen LogP contribution in [0.3, 0.4) is 0 Å². The number of halogens is 2. The number of ether oxygens (including phenoxy) is 1. The van der Waals surface area contributed by atoms with Crippen molar-refractivity contribution in [3.8, 4) is 5.75 Å². The molecule has 1 unspecified atom stereocenters.